The molecule has 0 aliphatic rings. The summed E-state index contributed by atoms with van der Waals surface area (Å²) in [4.78, 5) is 38.2. The van der Waals surface area contributed by atoms with E-state index in [4.69, 9.17) is 0 Å². The summed E-state index contributed by atoms with van der Waals surface area (Å²) in [6.45, 7) is 3.57. The number of amides is 2. The molecule has 30 heavy (non-hydrogen) atoms. The largest absolute Gasteiger partial charge is 0.333 e. The first-order chi connectivity index (χ1) is 14.2. The van der Waals surface area contributed by atoms with Gasteiger partial charge < -0.3 is 10.2 Å². The lowest BCUT2D eigenvalue weighted by Crippen LogP contribution is -2.38. The molecule has 0 heterocycles. The van der Waals surface area contributed by atoms with Crippen LogP contribution < -0.4 is 5.32 Å². The molecular weight excluding hydrogens is 397 g/mol. The molecule has 0 aromatic heterocycles. The van der Waals surface area contributed by atoms with Crippen molar-refractivity contribution >= 4 is 23.3 Å². The number of nitrogens with zero attached hydrogens (tertiary/aromatic N) is 1. The lowest BCUT2D eigenvalue weighted by molar-refractivity contribution is -0.134. The van der Waals surface area contributed by atoms with Crippen molar-refractivity contribution in [1.29, 1.82) is 0 Å². The van der Waals surface area contributed by atoms with Gasteiger partial charge in [-0.15, -0.1) is 0 Å². The second kappa shape index (κ2) is 10.6. The Labute approximate surface area is 172 Å². The maximum atomic E-state index is 13.7. The van der Waals surface area contributed by atoms with Crippen molar-refractivity contribution in [1.82, 2.24) is 4.90 Å². The van der Waals surface area contributed by atoms with Gasteiger partial charge in [0.05, 0.1) is 12.2 Å². The van der Waals surface area contributed by atoms with Crippen LogP contribution in [0.4, 0.5) is 18.9 Å². The van der Waals surface area contributed by atoms with E-state index in [1.165, 1.54) is 4.90 Å². The first-order valence-corrected chi connectivity index (χ1v) is 9.54. The lowest BCUT2D eigenvalue weighted by Gasteiger charge is -2.21. The van der Waals surface area contributed by atoms with Gasteiger partial charge in [-0.3, -0.25) is 14.4 Å². The number of halogens is 3. The van der Waals surface area contributed by atoms with Crippen LogP contribution in [0.15, 0.2) is 36.4 Å². The van der Waals surface area contributed by atoms with E-state index in [9.17, 15) is 27.6 Å². The second-order valence-corrected chi connectivity index (χ2v) is 6.88. The molecular formula is C22H23F3N2O3. The quantitative estimate of drug-likeness (QED) is 0.487. The van der Waals surface area contributed by atoms with Crippen molar-refractivity contribution in [3.63, 3.8) is 0 Å². The average Bonchev–Trinajstić information content (AvgIpc) is 2.72. The van der Waals surface area contributed by atoms with E-state index in [-0.39, 0.29) is 25.2 Å². The lowest BCUT2D eigenvalue weighted by atomic mass is 10.0. The third-order valence-electron chi connectivity index (χ3n) is 4.43. The molecule has 0 aliphatic carbocycles. The van der Waals surface area contributed by atoms with Gasteiger partial charge in [0.25, 0.3) is 0 Å². The number of carbonyl (C=O) groups excluding carboxylic acids is 3. The molecule has 0 radical (unpaired) electrons. The highest BCUT2D eigenvalue weighted by Gasteiger charge is 2.20. The molecule has 1 N–H and O–H groups in total. The highest BCUT2D eigenvalue weighted by Crippen LogP contribution is 2.19. The van der Waals surface area contributed by atoms with E-state index in [0.717, 1.165) is 11.6 Å². The summed E-state index contributed by atoms with van der Waals surface area (Å²) < 4.78 is 40.0. The zero-order valence-electron chi connectivity index (χ0n) is 16.8. The van der Waals surface area contributed by atoms with Gasteiger partial charge in [-0.1, -0.05) is 36.8 Å². The van der Waals surface area contributed by atoms with Crippen molar-refractivity contribution in [3.8, 4) is 0 Å². The van der Waals surface area contributed by atoms with Crippen LogP contribution in [0, 0.1) is 24.4 Å². The molecule has 0 bridgehead atoms. The molecule has 0 saturated carbocycles. The molecule has 0 saturated heterocycles. The molecule has 0 spiro atoms. The Hall–Kier alpha value is -3.16. The first-order valence-electron chi connectivity index (χ1n) is 9.54. The Morgan fingerprint density at radius 1 is 0.933 bits per heavy atom. The first kappa shape index (κ1) is 23.1. The van der Waals surface area contributed by atoms with Gasteiger partial charge in [-0.25, -0.2) is 13.2 Å². The van der Waals surface area contributed by atoms with E-state index in [0.29, 0.717) is 18.1 Å². The van der Waals surface area contributed by atoms with E-state index < -0.39 is 41.5 Å². The number of rotatable bonds is 9. The SMILES string of the molecule is CCCN(CC(=O)Nc1ccc(F)c(F)c1F)C(=O)CCC(=O)c1ccc(C)cc1. The Bertz CT molecular complexity index is 930. The van der Waals surface area contributed by atoms with E-state index >= 15 is 0 Å². The van der Waals surface area contributed by atoms with Crippen molar-refractivity contribution in [3.05, 3.63) is 65.0 Å². The number of Topliss-reactive ketones (excluding diaryl/α,β-unsaturated/α-hetero) is 1. The molecule has 2 rings (SSSR count). The fourth-order valence-electron chi connectivity index (χ4n) is 2.81. The van der Waals surface area contributed by atoms with Gasteiger partial charge in [0, 0.05) is 24.9 Å². The summed E-state index contributed by atoms with van der Waals surface area (Å²) in [7, 11) is 0. The molecule has 5 nitrogen and oxygen atoms in total. The molecule has 8 heteroatoms. The van der Waals surface area contributed by atoms with Crippen molar-refractivity contribution in [2.45, 2.75) is 33.1 Å². The van der Waals surface area contributed by atoms with E-state index in [1.807, 2.05) is 13.8 Å². The fraction of sp³-hybridized carbons (Fsp3) is 0.318. The molecule has 0 fully saturated rings. The number of hydrogen-bond acceptors (Lipinski definition) is 3. The predicted molar refractivity (Wildman–Crippen MR) is 107 cm³/mol. The van der Waals surface area contributed by atoms with Crippen LogP contribution in [0.2, 0.25) is 0 Å². The minimum Gasteiger partial charge on any atom is -0.333 e. The number of nitrogens with one attached hydrogen (secondary N) is 1. The maximum Gasteiger partial charge on any atom is 0.244 e. The highest BCUT2D eigenvalue weighted by molar-refractivity contribution is 5.99. The van der Waals surface area contributed by atoms with Crippen LogP contribution in [0.1, 0.15) is 42.1 Å². The van der Waals surface area contributed by atoms with Gasteiger partial charge in [-0.2, -0.15) is 0 Å². The van der Waals surface area contributed by atoms with Crippen molar-refractivity contribution < 1.29 is 27.6 Å². The monoisotopic (exact) mass is 420 g/mol. The second-order valence-electron chi connectivity index (χ2n) is 6.88. The maximum absolute atomic E-state index is 13.7. The molecule has 0 unspecified atom stereocenters. The van der Waals surface area contributed by atoms with Crippen LogP contribution in [0.5, 0.6) is 0 Å². The van der Waals surface area contributed by atoms with Gasteiger partial charge >= 0.3 is 0 Å². The smallest absolute Gasteiger partial charge is 0.244 e. The predicted octanol–water partition coefficient (Wildman–Crippen LogP) is 4.25. The average molecular weight is 420 g/mol. The normalized spacial score (nSPS) is 10.6. The topological polar surface area (TPSA) is 66.5 Å². The minimum atomic E-state index is -1.69. The number of hydrogen-bond donors (Lipinski definition) is 1. The number of ketones is 1. The van der Waals surface area contributed by atoms with Crippen molar-refractivity contribution in [2.75, 3.05) is 18.4 Å². The molecule has 0 aliphatic heterocycles. The number of carbonyl (C=O) groups is 3. The van der Waals surface area contributed by atoms with Crippen LogP contribution in [-0.2, 0) is 9.59 Å². The summed E-state index contributed by atoms with van der Waals surface area (Å²) in [5.74, 6) is -5.92. The van der Waals surface area contributed by atoms with Crippen LogP contribution >= 0.6 is 0 Å². The third-order valence-corrected chi connectivity index (χ3v) is 4.43. The number of anilines is 1. The standard InChI is InChI=1S/C22H23F3N2O3/c1-3-12-27(13-19(29)26-17-9-8-16(23)21(24)22(17)25)20(30)11-10-18(28)15-6-4-14(2)5-7-15/h4-9H,3,10-13H2,1-2H3,(H,26,29). The molecule has 2 aromatic carbocycles. The van der Waals surface area contributed by atoms with Crippen LogP contribution in [-0.4, -0.2) is 35.6 Å². The summed E-state index contributed by atoms with van der Waals surface area (Å²) in [6, 6.07) is 8.59. The van der Waals surface area contributed by atoms with Crippen LogP contribution in [0.3, 0.4) is 0 Å². The molecule has 0 atom stereocenters. The third kappa shape index (κ3) is 6.17. The highest BCUT2D eigenvalue weighted by atomic mass is 19.2. The summed E-state index contributed by atoms with van der Waals surface area (Å²) >= 11 is 0. The molecule has 160 valence electrons. The van der Waals surface area contributed by atoms with Crippen LogP contribution in [0.25, 0.3) is 0 Å². The summed E-state index contributed by atoms with van der Waals surface area (Å²) in [6.07, 6.45) is 0.464. The molecule has 2 amide bonds. The summed E-state index contributed by atoms with van der Waals surface area (Å²) in [5, 5.41) is 2.14. The summed E-state index contributed by atoms with van der Waals surface area (Å²) in [5.41, 5.74) is 1.000. The fourth-order valence-corrected chi connectivity index (χ4v) is 2.81. The van der Waals surface area contributed by atoms with Gasteiger partial charge in [-0.05, 0) is 25.5 Å². The van der Waals surface area contributed by atoms with Gasteiger partial charge in [0.15, 0.2) is 23.2 Å². The Morgan fingerprint density at radius 3 is 2.23 bits per heavy atom. The molecule has 2 aromatic rings. The Balaban J connectivity index is 1.96. The Morgan fingerprint density at radius 2 is 1.60 bits per heavy atom. The van der Waals surface area contributed by atoms with Crippen molar-refractivity contribution in [2.24, 2.45) is 0 Å². The van der Waals surface area contributed by atoms with Gasteiger partial charge in [0.2, 0.25) is 11.8 Å². The zero-order valence-corrected chi connectivity index (χ0v) is 16.8. The number of benzene rings is 2. The number of aryl methyl sites for hydroxylation is 1. The van der Waals surface area contributed by atoms with Gasteiger partial charge in [0.1, 0.15) is 0 Å². The minimum absolute atomic E-state index is 0.0124. The van der Waals surface area contributed by atoms with E-state index in [1.54, 1.807) is 24.3 Å². The zero-order chi connectivity index (χ0) is 22.3. The Kier molecular flexibility index (Phi) is 8.15. The van der Waals surface area contributed by atoms with E-state index in [2.05, 4.69) is 5.32 Å².